The Bertz CT molecular complexity index is 743. The first-order valence-electron chi connectivity index (χ1n) is 7.27. The lowest BCUT2D eigenvalue weighted by atomic mass is 10.2. The van der Waals surface area contributed by atoms with Crippen molar-refractivity contribution in [1.29, 1.82) is 0 Å². The lowest BCUT2D eigenvalue weighted by Crippen LogP contribution is -2.22. The van der Waals surface area contributed by atoms with E-state index in [-0.39, 0.29) is 12.5 Å². The normalized spacial score (nSPS) is 10.1. The molecule has 0 bridgehead atoms. The van der Waals surface area contributed by atoms with E-state index >= 15 is 0 Å². The minimum absolute atomic E-state index is 0.0106. The predicted octanol–water partition coefficient (Wildman–Crippen LogP) is 4.07. The minimum atomic E-state index is -0.273. The van der Waals surface area contributed by atoms with Gasteiger partial charge in [0.15, 0.2) is 11.5 Å². The molecule has 1 amide bonds. The number of nitrogens with one attached hydrogen (secondary N) is 2. The Kier molecular flexibility index (Phi) is 6.61. The summed E-state index contributed by atoms with van der Waals surface area (Å²) in [5.74, 6) is 1.07. The van der Waals surface area contributed by atoms with Gasteiger partial charge in [0.2, 0.25) is 11.7 Å². The van der Waals surface area contributed by atoms with Crippen LogP contribution in [0, 0.1) is 0 Å². The molecule has 8 heteroatoms. The zero-order chi connectivity index (χ0) is 18.4. The molecule has 2 N–H and O–H groups in total. The first-order valence-corrected chi connectivity index (χ1v) is 8.02. The van der Waals surface area contributed by atoms with Crippen LogP contribution in [-0.4, -0.2) is 33.8 Å². The summed E-state index contributed by atoms with van der Waals surface area (Å²) in [6, 6.07) is 8.27. The van der Waals surface area contributed by atoms with Crippen LogP contribution in [0.5, 0.6) is 17.2 Å². The van der Waals surface area contributed by atoms with E-state index < -0.39 is 0 Å². The maximum absolute atomic E-state index is 12.2. The van der Waals surface area contributed by atoms with Crippen LogP contribution in [0.2, 0.25) is 10.0 Å². The number of ether oxygens (including phenoxy) is 3. The number of anilines is 2. The van der Waals surface area contributed by atoms with Gasteiger partial charge in [-0.3, -0.25) is 4.79 Å². The van der Waals surface area contributed by atoms with E-state index in [1.807, 2.05) is 0 Å². The number of hydrogen-bond acceptors (Lipinski definition) is 5. The van der Waals surface area contributed by atoms with Crippen LogP contribution in [0.3, 0.4) is 0 Å². The average molecular weight is 385 g/mol. The van der Waals surface area contributed by atoms with E-state index in [0.717, 1.165) is 0 Å². The summed E-state index contributed by atoms with van der Waals surface area (Å²) in [7, 11) is 4.52. The molecular weight excluding hydrogens is 367 g/mol. The van der Waals surface area contributed by atoms with Gasteiger partial charge in [-0.15, -0.1) is 0 Å². The van der Waals surface area contributed by atoms with Crippen LogP contribution >= 0.6 is 23.2 Å². The number of hydrogen-bond donors (Lipinski definition) is 2. The van der Waals surface area contributed by atoms with E-state index in [1.165, 1.54) is 21.3 Å². The van der Waals surface area contributed by atoms with Gasteiger partial charge in [-0.2, -0.15) is 0 Å². The van der Waals surface area contributed by atoms with Gasteiger partial charge in [-0.05, 0) is 18.2 Å². The number of methoxy groups -OCH3 is 3. The van der Waals surface area contributed by atoms with Crippen molar-refractivity contribution in [2.24, 2.45) is 0 Å². The van der Waals surface area contributed by atoms with Crippen LogP contribution in [0.4, 0.5) is 11.4 Å². The molecule has 0 fully saturated rings. The number of halogens is 2. The second kappa shape index (κ2) is 8.69. The van der Waals surface area contributed by atoms with Crippen LogP contribution in [0.15, 0.2) is 30.3 Å². The second-order valence-electron chi connectivity index (χ2n) is 4.94. The molecule has 0 aliphatic carbocycles. The van der Waals surface area contributed by atoms with E-state index in [4.69, 9.17) is 37.4 Å². The predicted molar refractivity (Wildman–Crippen MR) is 99.7 cm³/mol. The van der Waals surface area contributed by atoms with Gasteiger partial charge in [0.25, 0.3) is 0 Å². The summed E-state index contributed by atoms with van der Waals surface area (Å²) < 4.78 is 15.8. The smallest absolute Gasteiger partial charge is 0.243 e. The molecule has 2 rings (SSSR count). The average Bonchev–Trinajstić information content (AvgIpc) is 2.61. The fraction of sp³-hybridized carbons (Fsp3) is 0.235. The van der Waals surface area contributed by atoms with Crippen molar-refractivity contribution in [3.8, 4) is 17.2 Å². The molecule has 0 aliphatic heterocycles. The molecular formula is C17H18Cl2N2O4. The fourth-order valence-electron chi connectivity index (χ4n) is 2.17. The molecule has 0 spiro atoms. The summed E-state index contributed by atoms with van der Waals surface area (Å²) in [6.07, 6.45) is 0. The van der Waals surface area contributed by atoms with Crippen LogP contribution in [-0.2, 0) is 4.79 Å². The van der Waals surface area contributed by atoms with E-state index in [9.17, 15) is 4.79 Å². The van der Waals surface area contributed by atoms with Crippen LogP contribution < -0.4 is 24.8 Å². The molecule has 0 saturated heterocycles. The molecule has 0 aromatic heterocycles. The Morgan fingerprint density at radius 1 is 1.00 bits per heavy atom. The third kappa shape index (κ3) is 4.84. The molecule has 0 unspecified atom stereocenters. The van der Waals surface area contributed by atoms with E-state index in [2.05, 4.69) is 10.6 Å². The molecule has 6 nitrogen and oxygen atoms in total. The van der Waals surface area contributed by atoms with Crippen LogP contribution in [0.25, 0.3) is 0 Å². The molecule has 0 aliphatic rings. The largest absolute Gasteiger partial charge is 0.493 e. The molecule has 0 radical (unpaired) electrons. The molecule has 0 heterocycles. The summed E-state index contributed by atoms with van der Waals surface area (Å²) in [4.78, 5) is 12.2. The van der Waals surface area contributed by atoms with Gasteiger partial charge in [-0.25, -0.2) is 0 Å². The molecule has 134 valence electrons. The first-order chi connectivity index (χ1) is 12.0. The highest BCUT2D eigenvalue weighted by Crippen LogP contribution is 2.39. The van der Waals surface area contributed by atoms with Crippen molar-refractivity contribution < 1.29 is 19.0 Å². The summed E-state index contributed by atoms with van der Waals surface area (Å²) in [5, 5.41) is 6.69. The minimum Gasteiger partial charge on any atom is -0.493 e. The van der Waals surface area contributed by atoms with Gasteiger partial charge in [0.05, 0.1) is 38.6 Å². The van der Waals surface area contributed by atoms with Crippen molar-refractivity contribution in [3.63, 3.8) is 0 Å². The number of rotatable bonds is 7. The van der Waals surface area contributed by atoms with Crippen molar-refractivity contribution in [1.82, 2.24) is 0 Å². The summed E-state index contributed by atoms with van der Waals surface area (Å²) >= 11 is 12.0. The van der Waals surface area contributed by atoms with Gasteiger partial charge < -0.3 is 24.8 Å². The van der Waals surface area contributed by atoms with E-state index in [0.29, 0.717) is 38.7 Å². The SMILES string of the molecule is COc1cc(NC(=O)CNc2cc(Cl)ccc2Cl)cc(OC)c1OC. The fourth-order valence-corrected chi connectivity index (χ4v) is 2.52. The van der Waals surface area contributed by atoms with Crippen molar-refractivity contribution in [3.05, 3.63) is 40.4 Å². The van der Waals surface area contributed by atoms with Crippen molar-refractivity contribution >= 4 is 40.5 Å². The maximum Gasteiger partial charge on any atom is 0.243 e. The van der Waals surface area contributed by atoms with Crippen molar-refractivity contribution in [2.75, 3.05) is 38.5 Å². The van der Waals surface area contributed by atoms with Gasteiger partial charge in [0.1, 0.15) is 0 Å². The van der Waals surface area contributed by atoms with E-state index in [1.54, 1.807) is 30.3 Å². The monoisotopic (exact) mass is 384 g/mol. The Balaban J connectivity index is 2.08. The highest BCUT2D eigenvalue weighted by atomic mass is 35.5. The van der Waals surface area contributed by atoms with Crippen molar-refractivity contribution in [2.45, 2.75) is 0 Å². The lowest BCUT2D eigenvalue weighted by Gasteiger charge is -2.15. The quantitative estimate of drug-likeness (QED) is 0.752. The third-order valence-electron chi connectivity index (χ3n) is 3.32. The molecule has 2 aromatic rings. The maximum atomic E-state index is 12.2. The Morgan fingerprint density at radius 2 is 1.64 bits per heavy atom. The van der Waals surface area contributed by atoms with Gasteiger partial charge >= 0.3 is 0 Å². The Labute approximate surface area is 156 Å². The Morgan fingerprint density at radius 3 is 2.20 bits per heavy atom. The number of benzene rings is 2. The Hall–Kier alpha value is -2.31. The highest BCUT2D eigenvalue weighted by molar-refractivity contribution is 6.35. The molecule has 0 saturated carbocycles. The molecule has 25 heavy (non-hydrogen) atoms. The number of amides is 1. The third-order valence-corrected chi connectivity index (χ3v) is 3.88. The number of carbonyl (C=O) groups excluding carboxylic acids is 1. The summed E-state index contributed by atoms with van der Waals surface area (Å²) in [5.41, 5.74) is 1.09. The van der Waals surface area contributed by atoms with Gasteiger partial charge in [0, 0.05) is 22.8 Å². The second-order valence-corrected chi connectivity index (χ2v) is 5.78. The van der Waals surface area contributed by atoms with Gasteiger partial charge in [-0.1, -0.05) is 23.2 Å². The summed E-state index contributed by atoms with van der Waals surface area (Å²) in [6.45, 7) is 0.0106. The zero-order valence-corrected chi connectivity index (χ0v) is 15.5. The molecule has 2 aromatic carbocycles. The standard InChI is InChI=1S/C17H18Cl2N2O4/c1-23-14-7-11(8-15(24-2)17(14)25-3)21-16(22)9-20-13-6-10(18)4-5-12(13)19/h4-8,20H,9H2,1-3H3,(H,21,22). The lowest BCUT2D eigenvalue weighted by molar-refractivity contribution is -0.114. The first kappa shape index (κ1) is 19.0. The molecule has 0 atom stereocenters. The highest BCUT2D eigenvalue weighted by Gasteiger charge is 2.14. The zero-order valence-electron chi connectivity index (χ0n) is 14.0. The number of carbonyl (C=O) groups is 1. The van der Waals surface area contributed by atoms with Crippen LogP contribution in [0.1, 0.15) is 0 Å². The topological polar surface area (TPSA) is 68.8 Å².